The SMILES string of the molecule is Cc1cc(CS(C)(O)O)nc(Cl)n1. The third-order valence-electron chi connectivity index (χ3n) is 1.30. The molecule has 0 bridgehead atoms. The highest BCUT2D eigenvalue weighted by Crippen LogP contribution is 2.37. The van der Waals surface area contributed by atoms with Crippen LogP contribution >= 0.6 is 22.2 Å². The minimum atomic E-state index is -2.56. The molecular formula is C7H11ClN2O2S. The summed E-state index contributed by atoms with van der Waals surface area (Å²) in [5.74, 6) is 0.121. The van der Waals surface area contributed by atoms with Crippen molar-refractivity contribution in [2.45, 2.75) is 12.7 Å². The third-order valence-corrected chi connectivity index (χ3v) is 2.31. The summed E-state index contributed by atoms with van der Waals surface area (Å²) in [6, 6.07) is 1.68. The van der Waals surface area contributed by atoms with Crippen LogP contribution < -0.4 is 0 Å². The van der Waals surface area contributed by atoms with Gasteiger partial charge < -0.3 is 0 Å². The second kappa shape index (κ2) is 3.79. The predicted octanol–water partition coefficient (Wildman–Crippen LogP) is 2.32. The Kier molecular flexibility index (Phi) is 3.13. The van der Waals surface area contributed by atoms with E-state index < -0.39 is 10.6 Å². The van der Waals surface area contributed by atoms with E-state index in [1.807, 2.05) is 0 Å². The average Bonchev–Trinajstić information content (AvgIpc) is 1.78. The topological polar surface area (TPSA) is 66.2 Å². The summed E-state index contributed by atoms with van der Waals surface area (Å²) < 4.78 is 18.4. The summed E-state index contributed by atoms with van der Waals surface area (Å²) >= 11 is 5.60. The number of hydrogen-bond acceptors (Lipinski definition) is 4. The molecule has 6 heteroatoms. The Balaban J connectivity index is 2.90. The first kappa shape index (κ1) is 10.7. The molecule has 0 aliphatic heterocycles. The van der Waals surface area contributed by atoms with Gasteiger partial charge in [-0.2, -0.15) is 10.6 Å². The normalized spacial score (nSPS) is 13.0. The van der Waals surface area contributed by atoms with Crippen LogP contribution in [0.4, 0.5) is 0 Å². The lowest BCUT2D eigenvalue weighted by Crippen LogP contribution is -2.02. The largest absolute Gasteiger partial charge is 0.299 e. The van der Waals surface area contributed by atoms with Crippen LogP contribution in [0, 0.1) is 6.92 Å². The summed E-state index contributed by atoms with van der Waals surface area (Å²) in [6.07, 6.45) is 1.37. The minimum Gasteiger partial charge on any atom is -0.299 e. The van der Waals surface area contributed by atoms with Gasteiger partial charge in [0, 0.05) is 11.9 Å². The molecular weight excluding hydrogens is 212 g/mol. The smallest absolute Gasteiger partial charge is 0.222 e. The first-order chi connectivity index (χ1) is 5.87. The fourth-order valence-electron chi connectivity index (χ4n) is 0.949. The predicted molar refractivity (Wildman–Crippen MR) is 54.3 cm³/mol. The quantitative estimate of drug-likeness (QED) is 0.754. The van der Waals surface area contributed by atoms with Gasteiger partial charge in [-0.25, -0.2) is 9.97 Å². The molecule has 0 aliphatic rings. The van der Waals surface area contributed by atoms with Crippen LogP contribution in [0.25, 0.3) is 0 Å². The lowest BCUT2D eigenvalue weighted by atomic mass is 10.4. The highest BCUT2D eigenvalue weighted by Gasteiger charge is 2.08. The molecule has 0 unspecified atom stereocenters. The van der Waals surface area contributed by atoms with E-state index >= 15 is 0 Å². The molecule has 0 saturated heterocycles. The Hall–Kier alpha value is -0.360. The van der Waals surface area contributed by atoms with Gasteiger partial charge in [0.05, 0.1) is 11.4 Å². The molecule has 4 nitrogen and oxygen atoms in total. The fraction of sp³-hybridized carbons (Fsp3) is 0.429. The maximum atomic E-state index is 9.19. The van der Waals surface area contributed by atoms with Crippen molar-refractivity contribution in [2.75, 3.05) is 6.26 Å². The standard InChI is InChI=1S/C7H11ClN2O2S/c1-5-3-6(4-13(2,11)12)10-7(8)9-5/h3,11-12H,4H2,1-2H3. The summed E-state index contributed by atoms with van der Waals surface area (Å²) in [5, 5.41) is 0.138. The summed E-state index contributed by atoms with van der Waals surface area (Å²) in [5.41, 5.74) is 1.28. The van der Waals surface area contributed by atoms with Crippen molar-refractivity contribution in [1.29, 1.82) is 0 Å². The molecule has 0 amide bonds. The van der Waals surface area contributed by atoms with Crippen LogP contribution in [0.15, 0.2) is 6.07 Å². The molecule has 0 aromatic carbocycles. The Bertz CT molecular complexity index is 294. The number of halogens is 1. The Morgan fingerprint density at radius 2 is 2.08 bits per heavy atom. The van der Waals surface area contributed by atoms with Gasteiger partial charge in [0.25, 0.3) is 0 Å². The average molecular weight is 223 g/mol. The second-order valence-electron chi connectivity index (χ2n) is 2.91. The monoisotopic (exact) mass is 222 g/mol. The van der Waals surface area contributed by atoms with Crippen molar-refractivity contribution in [3.8, 4) is 0 Å². The van der Waals surface area contributed by atoms with E-state index in [-0.39, 0.29) is 11.0 Å². The van der Waals surface area contributed by atoms with Crippen LogP contribution in [-0.2, 0) is 5.75 Å². The van der Waals surface area contributed by atoms with Crippen molar-refractivity contribution >= 4 is 22.2 Å². The number of nitrogens with zero attached hydrogens (tertiary/aromatic N) is 2. The summed E-state index contributed by atoms with van der Waals surface area (Å²) in [7, 11) is -2.56. The van der Waals surface area contributed by atoms with E-state index in [9.17, 15) is 9.11 Å². The van der Waals surface area contributed by atoms with Crippen molar-refractivity contribution in [1.82, 2.24) is 9.97 Å². The number of aromatic nitrogens is 2. The van der Waals surface area contributed by atoms with Crippen LogP contribution in [0.3, 0.4) is 0 Å². The zero-order valence-corrected chi connectivity index (χ0v) is 8.93. The molecule has 0 saturated carbocycles. The molecule has 0 radical (unpaired) electrons. The Labute approximate surface area is 83.3 Å². The van der Waals surface area contributed by atoms with E-state index in [4.69, 9.17) is 11.6 Å². The maximum absolute atomic E-state index is 9.19. The fourth-order valence-corrected chi connectivity index (χ4v) is 1.90. The lowest BCUT2D eigenvalue weighted by Gasteiger charge is -2.25. The number of rotatable bonds is 2. The molecule has 1 aromatic heterocycles. The zero-order chi connectivity index (χ0) is 10.1. The van der Waals surface area contributed by atoms with Crippen molar-refractivity contribution in [3.05, 3.63) is 22.7 Å². The van der Waals surface area contributed by atoms with Crippen LogP contribution in [0.1, 0.15) is 11.4 Å². The highest BCUT2D eigenvalue weighted by atomic mass is 35.5. The van der Waals surface area contributed by atoms with E-state index in [0.717, 1.165) is 5.69 Å². The van der Waals surface area contributed by atoms with E-state index in [0.29, 0.717) is 5.69 Å². The van der Waals surface area contributed by atoms with Gasteiger partial charge in [-0.1, -0.05) is 0 Å². The van der Waals surface area contributed by atoms with E-state index in [1.165, 1.54) is 6.26 Å². The van der Waals surface area contributed by atoms with Crippen molar-refractivity contribution < 1.29 is 9.11 Å². The molecule has 2 N–H and O–H groups in total. The van der Waals surface area contributed by atoms with Gasteiger partial charge in [-0.15, -0.1) is 0 Å². The van der Waals surface area contributed by atoms with Gasteiger partial charge in [0.1, 0.15) is 0 Å². The molecule has 1 rings (SSSR count). The number of aryl methyl sites for hydroxylation is 1. The molecule has 0 fully saturated rings. The van der Waals surface area contributed by atoms with Gasteiger partial charge in [-0.05, 0) is 24.6 Å². The Morgan fingerprint density at radius 1 is 1.46 bits per heavy atom. The highest BCUT2D eigenvalue weighted by molar-refractivity contribution is 8.23. The van der Waals surface area contributed by atoms with Gasteiger partial charge in [-0.3, -0.25) is 9.11 Å². The van der Waals surface area contributed by atoms with Crippen LogP contribution in [0.2, 0.25) is 5.28 Å². The Morgan fingerprint density at radius 3 is 2.54 bits per heavy atom. The van der Waals surface area contributed by atoms with E-state index in [2.05, 4.69) is 9.97 Å². The van der Waals surface area contributed by atoms with Crippen molar-refractivity contribution in [2.24, 2.45) is 0 Å². The van der Waals surface area contributed by atoms with Gasteiger partial charge in [0.15, 0.2) is 0 Å². The first-order valence-electron chi connectivity index (χ1n) is 3.58. The molecule has 1 aromatic rings. The molecule has 0 atom stereocenters. The van der Waals surface area contributed by atoms with Gasteiger partial charge >= 0.3 is 0 Å². The van der Waals surface area contributed by atoms with Crippen molar-refractivity contribution in [3.63, 3.8) is 0 Å². The summed E-state index contributed by atoms with van der Waals surface area (Å²) in [6.45, 7) is 1.78. The molecule has 74 valence electrons. The molecule has 0 spiro atoms. The molecule has 13 heavy (non-hydrogen) atoms. The third kappa shape index (κ3) is 3.91. The molecule has 1 heterocycles. The summed E-state index contributed by atoms with van der Waals surface area (Å²) in [4.78, 5) is 7.74. The molecule has 0 aliphatic carbocycles. The van der Waals surface area contributed by atoms with Gasteiger partial charge in [0.2, 0.25) is 5.28 Å². The first-order valence-corrected chi connectivity index (χ1v) is 6.08. The maximum Gasteiger partial charge on any atom is 0.222 e. The van der Waals surface area contributed by atoms with Crippen LogP contribution in [0.5, 0.6) is 0 Å². The lowest BCUT2D eigenvalue weighted by molar-refractivity contribution is 0.493. The van der Waals surface area contributed by atoms with E-state index in [1.54, 1.807) is 13.0 Å². The minimum absolute atomic E-state index is 0.121. The van der Waals surface area contributed by atoms with Crippen LogP contribution in [-0.4, -0.2) is 25.3 Å². The zero-order valence-electron chi connectivity index (χ0n) is 7.36. The number of hydrogen-bond donors (Lipinski definition) is 2. The second-order valence-corrected chi connectivity index (χ2v) is 5.52.